The Balaban J connectivity index is 0.000000364. The average Bonchev–Trinajstić information content (AvgIpc) is 2.17. The molecule has 0 aliphatic carbocycles. The molecule has 0 fully saturated rings. The number of benzene rings is 1. The summed E-state index contributed by atoms with van der Waals surface area (Å²) in [5.74, 6) is 0. The SMILES string of the molecule is CS(=O)O.O=Cc1ccc(CO)cc1. The van der Waals surface area contributed by atoms with E-state index in [-0.39, 0.29) is 6.61 Å². The maximum Gasteiger partial charge on any atom is 0.150 e. The summed E-state index contributed by atoms with van der Waals surface area (Å²) in [4.78, 5) is 10.1. The zero-order valence-electron chi connectivity index (χ0n) is 7.71. The number of aliphatic hydroxyl groups is 1. The molecule has 1 rings (SSSR count). The molecule has 0 saturated carbocycles. The van der Waals surface area contributed by atoms with Gasteiger partial charge in [0.25, 0.3) is 0 Å². The Hall–Kier alpha value is -1.04. The Morgan fingerprint density at radius 1 is 1.36 bits per heavy atom. The van der Waals surface area contributed by atoms with Gasteiger partial charge in [-0.05, 0) is 5.56 Å². The highest BCUT2D eigenvalue weighted by atomic mass is 32.2. The highest BCUT2D eigenvalue weighted by molar-refractivity contribution is 7.78. The van der Waals surface area contributed by atoms with Crippen LogP contribution in [0.5, 0.6) is 0 Å². The Labute approximate surface area is 84.9 Å². The van der Waals surface area contributed by atoms with Gasteiger partial charge in [0.1, 0.15) is 17.4 Å². The summed E-state index contributed by atoms with van der Waals surface area (Å²) in [6, 6.07) is 6.81. The predicted molar refractivity (Wildman–Crippen MR) is 54.4 cm³/mol. The maximum absolute atomic E-state index is 10.1. The third-order valence-corrected chi connectivity index (χ3v) is 1.30. The van der Waals surface area contributed by atoms with E-state index < -0.39 is 11.1 Å². The summed E-state index contributed by atoms with van der Waals surface area (Å²) in [5, 5.41) is 8.61. The Morgan fingerprint density at radius 3 is 2.07 bits per heavy atom. The predicted octanol–water partition coefficient (Wildman–Crippen LogP) is 0.829. The van der Waals surface area contributed by atoms with Crippen LogP contribution in [0.3, 0.4) is 0 Å². The zero-order valence-corrected chi connectivity index (χ0v) is 8.53. The zero-order chi connectivity index (χ0) is 11.0. The van der Waals surface area contributed by atoms with Crippen LogP contribution in [0.1, 0.15) is 15.9 Å². The van der Waals surface area contributed by atoms with Gasteiger partial charge in [-0.3, -0.25) is 4.79 Å². The molecule has 14 heavy (non-hydrogen) atoms. The van der Waals surface area contributed by atoms with Gasteiger partial charge in [0, 0.05) is 11.8 Å². The van der Waals surface area contributed by atoms with Gasteiger partial charge in [-0.25, -0.2) is 4.21 Å². The summed E-state index contributed by atoms with van der Waals surface area (Å²) >= 11 is -1.61. The third-order valence-electron chi connectivity index (χ3n) is 1.30. The molecule has 0 saturated heterocycles. The van der Waals surface area contributed by atoms with Crippen LogP contribution >= 0.6 is 0 Å². The minimum absolute atomic E-state index is 0.0269. The molecule has 0 spiro atoms. The van der Waals surface area contributed by atoms with Crippen LogP contribution in [-0.4, -0.2) is 26.4 Å². The topological polar surface area (TPSA) is 74.6 Å². The molecule has 2 N–H and O–H groups in total. The number of hydrogen-bond donors (Lipinski definition) is 2. The van der Waals surface area contributed by atoms with E-state index in [0.29, 0.717) is 5.56 Å². The second-order valence-electron chi connectivity index (χ2n) is 2.44. The van der Waals surface area contributed by atoms with Gasteiger partial charge >= 0.3 is 0 Å². The van der Waals surface area contributed by atoms with Gasteiger partial charge in [0.2, 0.25) is 0 Å². The van der Waals surface area contributed by atoms with Crippen molar-refractivity contribution in [2.45, 2.75) is 6.61 Å². The molecule has 0 aromatic heterocycles. The third kappa shape index (κ3) is 6.47. The standard InChI is InChI=1S/C8H8O2.CH4O2S/c9-5-7-1-2-8(6-10)4-3-7;1-4(2)3/h1-5,10H,6H2;1H3,(H,2,3). The van der Waals surface area contributed by atoms with Gasteiger partial charge in [-0.2, -0.15) is 0 Å². The fourth-order valence-corrected chi connectivity index (χ4v) is 0.702. The lowest BCUT2D eigenvalue weighted by Crippen LogP contribution is -1.83. The lowest BCUT2D eigenvalue weighted by molar-refractivity contribution is 0.112. The number of carbonyl (C=O) groups excluding carboxylic acids is 1. The van der Waals surface area contributed by atoms with Crippen LogP contribution in [-0.2, 0) is 17.7 Å². The largest absolute Gasteiger partial charge is 0.392 e. The molecule has 0 bridgehead atoms. The number of carbonyl (C=O) groups is 1. The lowest BCUT2D eigenvalue weighted by Gasteiger charge is -1.93. The summed E-state index contributed by atoms with van der Waals surface area (Å²) in [7, 11) is 0. The molecule has 0 radical (unpaired) electrons. The van der Waals surface area contributed by atoms with E-state index in [2.05, 4.69) is 0 Å². The first-order valence-corrected chi connectivity index (χ1v) is 5.29. The molecule has 78 valence electrons. The van der Waals surface area contributed by atoms with E-state index in [1.54, 1.807) is 24.3 Å². The van der Waals surface area contributed by atoms with E-state index in [4.69, 9.17) is 13.9 Å². The van der Waals surface area contributed by atoms with Crippen LogP contribution < -0.4 is 0 Å². The van der Waals surface area contributed by atoms with E-state index in [9.17, 15) is 4.79 Å². The minimum Gasteiger partial charge on any atom is -0.392 e. The number of aliphatic hydroxyl groups excluding tert-OH is 1. The highest BCUT2D eigenvalue weighted by Gasteiger charge is 1.89. The first-order chi connectivity index (χ1) is 6.60. The molecule has 0 heterocycles. The molecule has 4 nitrogen and oxygen atoms in total. The Morgan fingerprint density at radius 2 is 1.79 bits per heavy atom. The van der Waals surface area contributed by atoms with Crippen molar-refractivity contribution in [3.05, 3.63) is 35.4 Å². The van der Waals surface area contributed by atoms with Crippen molar-refractivity contribution in [2.24, 2.45) is 0 Å². The number of rotatable bonds is 2. The van der Waals surface area contributed by atoms with Crippen molar-refractivity contribution in [1.29, 1.82) is 0 Å². The van der Waals surface area contributed by atoms with Crippen LogP contribution in [0, 0.1) is 0 Å². The number of aldehydes is 1. The molecule has 1 aromatic carbocycles. The summed E-state index contributed by atoms with van der Waals surface area (Å²) in [5.41, 5.74) is 1.46. The molecule has 0 aliphatic heterocycles. The Bertz CT molecular complexity index is 290. The van der Waals surface area contributed by atoms with Gasteiger partial charge < -0.3 is 9.66 Å². The summed E-state index contributed by atoms with van der Waals surface area (Å²) in [6.07, 6.45) is 1.97. The quantitative estimate of drug-likeness (QED) is 0.567. The smallest absolute Gasteiger partial charge is 0.150 e. The molecule has 0 amide bonds. The van der Waals surface area contributed by atoms with Crippen LogP contribution in [0.2, 0.25) is 0 Å². The van der Waals surface area contributed by atoms with Crippen molar-refractivity contribution in [3.8, 4) is 0 Å². The average molecular weight is 216 g/mol. The van der Waals surface area contributed by atoms with E-state index >= 15 is 0 Å². The molecule has 1 unspecified atom stereocenters. The first kappa shape index (κ1) is 13.0. The molecule has 1 aromatic rings. The molecule has 5 heteroatoms. The first-order valence-electron chi connectivity index (χ1n) is 3.77. The molecular formula is C9H12O4S. The van der Waals surface area contributed by atoms with E-state index in [1.807, 2.05) is 0 Å². The van der Waals surface area contributed by atoms with Gasteiger partial charge in [-0.15, -0.1) is 0 Å². The normalized spacial score (nSPS) is 11.1. The molecular weight excluding hydrogens is 204 g/mol. The molecule has 1 atom stereocenters. The number of hydrogen-bond acceptors (Lipinski definition) is 3. The van der Waals surface area contributed by atoms with Gasteiger partial charge in [0.15, 0.2) is 0 Å². The van der Waals surface area contributed by atoms with Crippen LogP contribution in [0.15, 0.2) is 24.3 Å². The van der Waals surface area contributed by atoms with Gasteiger partial charge in [-0.1, -0.05) is 24.3 Å². The summed E-state index contributed by atoms with van der Waals surface area (Å²) < 4.78 is 16.6. The fourth-order valence-electron chi connectivity index (χ4n) is 0.702. The van der Waals surface area contributed by atoms with Crippen molar-refractivity contribution in [1.82, 2.24) is 0 Å². The second-order valence-corrected chi connectivity index (χ2v) is 3.29. The van der Waals surface area contributed by atoms with Crippen molar-refractivity contribution in [2.75, 3.05) is 6.26 Å². The van der Waals surface area contributed by atoms with Crippen molar-refractivity contribution >= 4 is 17.4 Å². The van der Waals surface area contributed by atoms with Crippen molar-refractivity contribution in [3.63, 3.8) is 0 Å². The lowest BCUT2D eigenvalue weighted by atomic mass is 10.2. The van der Waals surface area contributed by atoms with Crippen LogP contribution in [0.4, 0.5) is 0 Å². The molecule has 0 aliphatic rings. The fraction of sp³-hybridized carbons (Fsp3) is 0.222. The van der Waals surface area contributed by atoms with E-state index in [0.717, 1.165) is 11.8 Å². The second kappa shape index (κ2) is 7.37. The summed E-state index contributed by atoms with van der Waals surface area (Å²) in [6.45, 7) is 0.0269. The van der Waals surface area contributed by atoms with E-state index in [1.165, 1.54) is 6.26 Å². The maximum atomic E-state index is 10.1. The van der Waals surface area contributed by atoms with Crippen molar-refractivity contribution < 1.29 is 18.7 Å². The monoisotopic (exact) mass is 216 g/mol. The van der Waals surface area contributed by atoms with Crippen LogP contribution in [0.25, 0.3) is 0 Å². The minimum atomic E-state index is -1.61. The van der Waals surface area contributed by atoms with Gasteiger partial charge in [0.05, 0.1) is 6.61 Å². The highest BCUT2D eigenvalue weighted by Crippen LogP contribution is 2.01. The Kier molecular flexibility index (Phi) is 6.82.